The Bertz CT molecular complexity index is 1600. The van der Waals surface area contributed by atoms with E-state index in [9.17, 15) is 23.2 Å². The number of amides is 2. The van der Waals surface area contributed by atoms with Gasteiger partial charge in [0, 0.05) is 37.1 Å². The molecule has 14 heteroatoms. The summed E-state index contributed by atoms with van der Waals surface area (Å²) in [6.07, 6.45) is 4.18. The third-order valence-corrected chi connectivity index (χ3v) is 7.15. The monoisotopic (exact) mass is 632 g/mol. The highest BCUT2D eigenvalue weighted by Crippen LogP contribution is 2.32. The molecule has 0 spiro atoms. The van der Waals surface area contributed by atoms with Crippen molar-refractivity contribution >= 4 is 30.3 Å². The molecule has 1 aliphatic rings. The van der Waals surface area contributed by atoms with Crippen molar-refractivity contribution in [3.8, 4) is 0 Å². The van der Waals surface area contributed by atoms with Crippen LogP contribution in [0, 0.1) is 16.4 Å². The van der Waals surface area contributed by atoms with Crippen molar-refractivity contribution in [1.29, 1.82) is 0 Å². The van der Waals surface area contributed by atoms with Gasteiger partial charge in [-0.25, -0.2) is 27.9 Å². The molecule has 3 aromatic rings. The number of ether oxygens (including phenoxy) is 2. The molecular weight excluding hydrogens is 594 g/mol. The number of carbonyl (C=O) groups excluding carboxylic acids is 3. The number of hydrogen-bond acceptors (Lipinski definition) is 7. The molecular formula is C30H38F2N6O5S. The number of nitrogens with one attached hydrogen (secondary N) is 3. The average Bonchev–Trinajstić information content (AvgIpc) is 3.50. The van der Waals surface area contributed by atoms with Gasteiger partial charge in [0.25, 0.3) is 0 Å². The molecule has 2 atom stereocenters. The third kappa shape index (κ3) is 8.30. The van der Waals surface area contributed by atoms with Crippen molar-refractivity contribution < 1.29 is 32.6 Å². The van der Waals surface area contributed by atoms with E-state index < -0.39 is 47.0 Å². The van der Waals surface area contributed by atoms with Crippen molar-refractivity contribution in [2.24, 2.45) is 0 Å². The van der Waals surface area contributed by atoms with Crippen LogP contribution < -0.4 is 10.6 Å². The van der Waals surface area contributed by atoms with Crippen LogP contribution in [0.15, 0.2) is 30.7 Å². The molecule has 0 saturated carbocycles. The molecule has 238 valence electrons. The van der Waals surface area contributed by atoms with Gasteiger partial charge in [-0.15, -0.1) is 0 Å². The van der Waals surface area contributed by atoms with Gasteiger partial charge in [0.1, 0.15) is 34.7 Å². The van der Waals surface area contributed by atoms with E-state index in [1.54, 1.807) is 47.7 Å². The lowest BCUT2D eigenvalue weighted by Gasteiger charge is -2.28. The molecule has 2 amide bonds. The van der Waals surface area contributed by atoms with Crippen LogP contribution in [-0.4, -0.2) is 54.4 Å². The number of aromatic amines is 1. The Kier molecular flexibility index (Phi) is 9.62. The minimum atomic E-state index is -1.17. The summed E-state index contributed by atoms with van der Waals surface area (Å²) in [7, 11) is 0. The van der Waals surface area contributed by atoms with Crippen LogP contribution in [0.2, 0.25) is 0 Å². The van der Waals surface area contributed by atoms with E-state index in [0.717, 1.165) is 6.07 Å². The molecule has 0 radical (unpaired) electrons. The van der Waals surface area contributed by atoms with Gasteiger partial charge in [-0.05, 0) is 90.2 Å². The number of nitrogens with zero attached hydrogens (tertiary/aromatic N) is 3. The third-order valence-electron chi connectivity index (χ3n) is 6.84. The van der Waals surface area contributed by atoms with Crippen LogP contribution >= 0.6 is 12.2 Å². The number of fused-ring (bicyclic) bond motifs is 1. The Labute approximate surface area is 259 Å². The van der Waals surface area contributed by atoms with Crippen LogP contribution in [0.25, 0.3) is 0 Å². The molecule has 1 aliphatic carbocycles. The van der Waals surface area contributed by atoms with Crippen molar-refractivity contribution in [1.82, 2.24) is 29.7 Å². The summed E-state index contributed by atoms with van der Waals surface area (Å²) in [5, 5.41) is 5.41. The van der Waals surface area contributed by atoms with E-state index in [1.165, 1.54) is 23.0 Å². The lowest BCUT2D eigenvalue weighted by molar-refractivity contribution is -0.123. The highest BCUT2D eigenvalue weighted by atomic mass is 32.1. The molecule has 2 aromatic heterocycles. The van der Waals surface area contributed by atoms with Gasteiger partial charge in [0.15, 0.2) is 4.77 Å². The molecule has 11 nitrogen and oxygen atoms in total. The quantitative estimate of drug-likeness (QED) is 0.302. The fourth-order valence-corrected chi connectivity index (χ4v) is 5.39. The Hall–Kier alpha value is -4.07. The summed E-state index contributed by atoms with van der Waals surface area (Å²) in [5.41, 5.74) is 0.142. The van der Waals surface area contributed by atoms with E-state index in [4.69, 9.17) is 21.7 Å². The second kappa shape index (κ2) is 12.9. The molecule has 0 aliphatic heterocycles. The van der Waals surface area contributed by atoms with Crippen molar-refractivity contribution in [3.05, 3.63) is 69.8 Å². The zero-order chi connectivity index (χ0) is 32.4. The maximum Gasteiger partial charge on any atom is 0.419 e. The van der Waals surface area contributed by atoms with E-state index in [-0.39, 0.29) is 24.8 Å². The Morgan fingerprint density at radius 1 is 1.14 bits per heavy atom. The number of alkyl carbamates (subject to hydrolysis) is 1. The van der Waals surface area contributed by atoms with Gasteiger partial charge in [0.05, 0.1) is 12.2 Å². The van der Waals surface area contributed by atoms with Gasteiger partial charge < -0.3 is 29.7 Å². The SMILES string of the molecule is CC(C)(C)OC(=O)N[C@@H](Cc1nccn1C(=O)OC(C)(C)C)C(=O)NCc1c[nH]c(=S)n1[C@@H]1CCc2c(F)cc(F)cc2C1. The predicted molar refractivity (Wildman–Crippen MR) is 160 cm³/mol. The molecule has 44 heavy (non-hydrogen) atoms. The minimum Gasteiger partial charge on any atom is -0.444 e. The number of H-pyrrole nitrogens is 1. The minimum absolute atomic E-state index is 0.0276. The topological polar surface area (TPSA) is 132 Å². The van der Waals surface area contributed by atoms with E-state index in [1.807, 2.05) is 4.57 Å². The van der Waals surface area contributed by atoms with Gasteiger partial charge in [-0.3, -0.25) is 4.79 Å². The first-order chi connectivity index (χ1) is 20.5. The summed E-state index contributed by atoms with van der Waals surface area (Å²) in [6.45, 7) is 10.3. The Balaban J connectivity index is 1.52. The van der Waals surface area contributed by atoms with Crippen LogP contribution in [-0.2, 0) is 40.1 Å². The summed E-state index contributed by atoms with van der Waals surface area (Å²) >= 11 is 5.51. The summed E-state index contributed by atoms with van der Waals surface area (Å²) in [4.78, 5) is 46.2. The van der Waals surface area contributed by atoms with E-state index in [2.05, 4.69) is 20.6 Å². The number of imidazole rings is 2. The van der Waals surface area contributed by atoms with E-state index in [0.29, 0.717) is 40.9 Å². The van der Waals surface area contributed by atoms with Crippen LogP contribution in [0.1, 0.15) is 76.7 Å². The fraction of sp³-hybridized carbons (Fsp3) is 0.500. The predicted octanol–water partition coefficient (Wildman–Crippen LogP) is 5.29. The number of halogens is 2. The first-order valence-corrected chi connectivity index (χ1v) is 14.7. The normalized spacial score (nSPS) is 15.7. The van der Waals surface area contributed by atoms with Crippen LogP contribution in [0.3, 0.4) is 0 Å². The second-order valence-corrected chi connectivity index (χ2v) is 13.1. The number of rotatable bonds is 7. The number of benzene rings is 1. The highest BCUT2D eigenvalue weighted by molar-refractivity contribution is 7.71. The van der Waals surface area contributed by atoms with Crippen molar-refractivity contribution in [3.63, 3.8) is 0 Å². The van der Waals surface area contributed by atoms with Crippen LogP contribution in [0.5, 0.6) is 0 Å². The largest absolute Gasteiger partial charge is 0.444 e. The highest BCUT2D eigenvalue weighted by Gasteiger charge is 2.29. The smallest absolute Gasteiger partial charge is 0.419 e. The summed E-state index contributed by atoms with van der Waals surface area (Å²) in [5.74, 6) is -1.56. The van der Waals surface area contributed by atoms with Crippen molar-refractivity contribution in [2.75, 3.05) is 0 Å². The fourth-order valence-electron chi connectivity index (χ4n) is 5.06. The maximum absolute atomic E-state index is 14.3. The zero-order valence-electron chi connectivity index (χ0n) is 25.6. The van der Waals surface area contributed by atoms with Gasteiger partial charge in [-0.2, -0.15) is 0 Å². The molecule has 3 N–H and O–H groups in total. The summed E-state index contributed by atoms with van der Waals surface area (Å²) in [6, 6.07) is 0.878. The molecule has 2 heterocycles. The zero-order valence-corrected chi connectivity index (χ0v) is 26.4. The maximum atomic E-state index is 14.3. The van der Waals surface area contributed by atoms with Crippen LogP contribution in [0.4, 0.5) is 18.4 Å². The summed E-state index contributed by atoms with van der Waals surface area (Å²) < 4.78 is 42.5. The Morgan fingerprint density at radius 3 is 2.52 bits per heavy atom. The van der Waals surface area contributed by atoms with Crippen molar-refractivity contribution in [2.45, 2.75) is 97.1 Å². The molecule has 0 fully saturated rings. The Morgan fingerprint density at radius 2 is 1.84 bits per heavy atom. The van der Waals surface area contributed by atoms with E-state index >= 15 is 0 Å². The van der Waals surface area contributed by atoms with Gasteiger partial charge in [-0.1, -0.05) is 0 Å². The number of hydrogen-bond donors (Lipinski definition) is 3. The second-order valence-electron chi connectivity index (χ2n) is 12.7. The van der Waals surface area contributed by atoms with Gasteiger partial charge >= 0.3 is 12.2 Å². The number of aromatic nitrogens is 4. The first-order valence-electron chi connectivity index (χ1n) is 14.3. The lowest BCUT2D eigenvalue weighted by Crippen LogP contribution is -2.49. The molecule has 1 aromatic carbocycles. The van der Waals surface area contributed by atoms with Gasteiger partial charge in [0.2, 0.25) is 5.91 Å². The molecule has 0 saturated heterocycles. The number of carbonyl (C=O) groups is 3. The first kappa shape index (κ1) is 32.8. The molecule has 4 rings (SSSR count). The average molecular weight is 633 g/mol. The molecule has 0 unspecified atom stereocenters. The standard InChI is InChI=1S/C30H38F2N6O5S/c1-29(2,3)42-27(40)36-23(14-24-33-9-10-37(24)28(41)43-30(4,5)6)25(39)34-15-20-16-35-26(44)38(20)19-7-8-21-17(12-19)11-18(31)13-22(21)32/h9-11,13,16,19,23H,7-8,12,14-15H2,1-6H3,(H,34,39)(H,35,44)(H,36,40)/t19-,23+/m1/s1. The lowest BCUT2D eigenvalue weighted by atomic mass is 9.87. The molecule has 0 bridgehead atoms.